The van der Waals surface area contributed by atoms with Crippen LogP contribution in [0.3, 0.4) is 0 Å². The number of oxime groups is 1. The second-order valence-electron chi connectivity index (χ2n) is 6.05. The number of benzene rings is 2. The normalized spacial score (nSPS) is 16.0. The number of anilines is 2. The zero-order valence-electron chi connectivity index (χ0n) is 14.9. The number of carbonyl (C=O) groups excluding carboxylic acids is 1. The number of nitrogens with one attached hydrogen (secondary N) is 1. The average molecular weight is 355 g/mol. The summed E-state index contributed by atoms with van der Waals surface area (Å²) in [6, 6.07) is 13.7. The van der Waals surface area contributed by atoms with Gasteiger partial charge in [0.1, 0.15) is 5.82 Å². The number of rotatable bonds is 6. The van der Waals surface area contributed by atoms with Gasteiger partial charge >= 0.3 is 0 Å². The highest BCUT2D eigenvalue weighted by atomic mass is 19.1. The summed E-state index contributed by atoms with van der Waals surface area (Å²) in [7, 11) is 0. The second-order valence-corrected chi connectivity index (χ2v) is 6.05. The maximum Gasteiger partial charge on any atom is 0.268 e. The minimum absolute atomic E-state index is 0.249. The molecule has 26 heavy (non-hydrogen) atoms. The predicted molar refractivity (Wildman–Crippen MR) is 101 cm³/mol. The van der Waals surface area contributed by atoms with Crippen molar-refractivity contribution in [3.05, 3.63) is 59.9 Å². The number of halogens is 1. The van der Waals surface area contributed by atoms with Gasteiger partial charge in [-0.05, 0) is 55.8 Å². The third-order valence-corrected chi connectivity index (χ3v) is 4.40. The molecule has 1 aliphatic rings. The summed E-state index contributed by atoms with van der Waals surface area (Å²) in [4.78, 5) is 19.9. The van der Waals surface area contributed by atoms with Gasteiger partial charge in [0, 0.05) is 30.9 Å². The quantitative estimate of drug-likeness (QED) is 0.857. The first kappa shape index (κ1) is 17.9. The third-order valence-electron chi connectivity index (χ3n) is 4.40. The van der Waals surface area contributed by atoms with E-state index in [4.69, 9.17) is 4.84 Å². The molecule has 0 spiro atoms. The van der Waals surface area contributed by atoms with Gasteiger partial charge in [-0.3, -0.25) is 4.79 Å². The first-order valence-corrected chi connectivity index (χ1v) is 8.75. The van der Waals surface area contributed by atoms with E-state index in [2.05, 4.69) is 29.2 Å². The van der Waals surface area contributed by atoms with Gasteiger partial charge in [-0.2, -0.15) is 0 Å². The van der Waals surface area contributed by atoms with Crippen molar-refractivity contribution >= 4 is 23.0 Å². The molecule has 1 aliphatic heterocycles. The molecule has 6 heteroatoms. The summed E-state index contributed by atoms with van der Waals surface area (Å²) in [5.74, 6) is -0.558. The first-order chi connectivity index (χ1) is 12.6. The van der Waals surface area contributed by atoms with Crippen LogP contribution < -0.4 is 10.2 Å². The van der Waals surface area contributed by atoms with Gasteiger partial charge in [0.15, 0.2) is 0 Å². The molecule has 0 saturated carbocycles. The van der Waals surface area contributed by atoms with Crippen LogP contribution in [0.25, 0.3) is 0 Å². The van der Waals surface area contributed by atoms with E-state index in [1.165, 1.54) is 12.1 Å². The molecule has 2 aromatic rings. The topological polar surface area (TPSA) is 53.9 Å². The standard InChI is InChI=1S/C20H22FN3O2/c1-3-24(4-2)17-11-9-16(10-12-17)22-20(25)19-13-18(23-26-19)14-5-7-15(21)8-6-14/h5-12,19H,3-4,13H2,1-2H3,(H,22,25). The van der Waals surface area contributed by atoms with Crippen molar-refractivity contribution in [3.8, 4) is 0 Å². The Morgan fingerprint density at radius 3 is 2.42 bits per heavy atom. The smallest absolute Gasteiger partial charge is 0.268 e. The van der Waals surface area contributed by atoms with Crippen molar-refractivity contribution in [1.82, 2.24) is 0 Å². The van der Waals surface area contributed by atoms with E-state index in [0.29, 0.717) is 17.8 Å². The lowest BCUT2D eigenvalue weighted by atomic mass is 10.0. The van der Waals surface area contributed by atoms with E-state index in [0.717, 1.165) is 24.3 Å². The van der Waals surface area contributed by atoms with E-state index in [1.807, 2.05) is 24.3 Å². The van der Waals surface area contributed by atoms with Crippen LogP contribution in [-0.2, 0) is 9.63 Å². The molecule has 5 nitrogen and oxygen atoms in total. The summed E-state index contributed by atoms with van der Waals surface area (Å²) in [5.41, 5.74) is 3.23. The fraction of sp³-hybridized carbons (Fsp3) is 0.300. The van der Waals surface area contributed by atoms with Crippen molar-refractivity contribution in [2.45, 2.75) is 26.4 Å². The van der Waals surface area contributed by atoms with Crippen LogP contribution in [0.15, 0.2) is 53.7 Å². The van der Waals surface area contributed by atoms with Crippen LogP contribution >= 0.6 is 0 Å². The van der Waals surface area contributed by atoms with E-state index in [1.54, 1.807) is 12.1 Å². The highest BCUT2D eigenvalue weighted by Crippen LogP contribution is 2.21. The second kappa shape index (κ2) is 7.99. The number of hydrogen-bond donors (Lipinski definition) is 1. The van der Waals surface area contributed by atoms with Gasteiger partial charge in [0.2, 0.25) is 6.10 Å². The molecular weight excluding hydrogens is 333 g/mol. The van der Waals surface area contributed by atoms with Crippen molar-refractivity contribution in [3.63, 3.8) is 0 Å². The van der Waals surface area contributed by atoms with Crippen molar-refractivity contribution in [2.24, 2.45) is 5.16 Å². The molecule has 1 atom stereocenters. The summed E-state index contributed by atoms with van der Waals surface area (Å²) < 4.78 is 13.0. The number of carbonyl (C=O) groups is 1. The molecule has 1 N–H and O–H groups in total. The van der Waals surface area contributed by atoms with Gasteiger partial charge in [-0.15, -0.1) is 0 Å². The molecule has 0 aromatic heterocycles. The largest absolute Gasteiger partial charge is 0.382 e. The van der Waals surface area contributed by atoms with Crippen molar-refractivity contribution in [1.29, 1.82) is 0 Å². The van der Waals surface area contributed by atoms with E-state index in [-0.39, 0.29) is 11.7 Å². The molecular formula is C20H22FN3O2. The molecule has 0 radical (unpaired) electrons. The average Bonchev–Trinajstić information content (AvgIpc) is 3.15. The summed E-state index contributed by atoms with van der Waals surface area (Å²) >= 11 is 0. The lowest BCUT2D eigenvalue weighted by molar-refractivity contribution is -0.125. The fourth-order valence-corrected chi connectivity index (χ4v) is 2.90. The molecule has 0 bridgehead atoms. The SMILES string of the molecule is CCN(CC)c1ccc(NC(=O)C2CC(c3ccc(F)cc3)=NO2)cc1. The van der Waals surface area contributed by atoms with Gasteiger partial charge in [0.25, 0.3) is 5.91 Å². The summed E-state index contributed by atoms with van der Waals surface area (Å²) in [5, 5.41) is 6.82. The lowest BCUT2D eigenvalue weighted by Crippen LogP contribution is -2.28. The molecule has 2 aromatic carbocycles. The fourth-order valence-electron chi connectivity index (χ4n) is 2.90. The van der Waals surface area contributed by atoms with Crippen LogP contribution in [-0.4, -0.2) is 30.8 Å². The van der Waals surface area contributed by atoms with Crippen LogP contribution in [0.2, 0.25) is 0 Å². The number of nitrogens with zero attached hydrogens (tertiary/aromatic N) is 2. The van der Waals surface area contributed by atoms with Crippen molar-refractivity contribution in [2.75, 3.05) is 23.3 Å². The summed E-state index contributed by atoms with van der Waals surface area (Å²) in [6.07, 6.45) is -0.327. The Bertz CT molecular complexity index is 784. The molecule has 0 saturated heterocycles. The Kier molecular flexibility index (Phi) is 5.51. The Balaban J connectivity index is 1.58. The maximum absolute atomic E-state index is 13.0. The maximum atomic E-state index is 13.0. The third kappa shape index (κ3) is 4.02. The molecule has 1 heterocycles. The van der Waals surface area contributed by atoms with Gasteiger partial charge in [0.05, 0.1) is 5.71 Å². The van der Waals surface area contributed by atoms with Crippen LogP contribution in [0.1, 0.15) is 25.8 Å². The highest BCUT2D eigenvalue weighted by Gasteiger charge is 2.29. The molecule has 136 valence electrons. The minimum atomic E-state index is -0.683. The van der Waals surface area contributed by atoms with Gasteiger partial charge < -0.3 is 15.1 Å². The first-order valence-electron chi connectivity index (χ1n) is 8.75. The zero-order chi connectivity index (χ0) is 18.5. The van der Waals surface area contributed by atoms with E-state index >= 15 is 0 Å². The minimum Gasteiger partial charge on any atom is -0.382 e. The Hall–Kier alpha value is -2.89. The lowest BCUT2D eigenvalue weighted by Gasteiger charge is -2.21. The Morgan fingerprint density at radius 1 is 1.15 bits per heavy atom. The Morgan fingerprint density at radius 2 is 1.81 bits per heavy atom. The van der Waals surface area contributed by atoms with Crippen LogP contribution in [0.4, 0.5) is 15.8 Å². The summed E-state index contributed by atoms with van der Waals surface area (Å²) in [6.45, 7) is 6.08. The predicted octanol–water partition coefficient (Wildman–Crippen LogP) is 3.80. The number of hydrogen-bond acceptors (Lipinski definition) is 4. The molecule has 0 fully saturated rings. The number of amides is 1. The zero-order valence-corrected chi connectivity index (χ0v) is 14.9. The van der Waals surface area contributed by atoms with E-state index < -0.39 is 6.10 Å². The van der Waals surface area contributed by atoms with Gasteiger partial charge in [-0.25, -0.2) is 4.39 Å². The molecule has 3 rings (SSSR count). The molecule has 1 unspecified atom stereocenters. The Labute approximate surface area is 152 Å². The van der Waals surface area contributed by atoms with E-state index in [9.17, 15) is 9.18 Å². The highest BCUT2D eigenvalue weighted by molar-refractivity contribution is 6.06. The molecule has 0 aliphatic carbocycles. The monoisotopic (exact) mass is 355 g/mol. The molecule has 1 amide bonds. The van der Waals surface area contributed by atoms with Gasteiger partial charge in [-0.1, -0.05) is 17.3 Å². The van der Waals surface area contributed by atoms with Crippen LogP contribution in [0.5, 0.6) is 0 Å². The van der Waals surface area contributed by atoms with Crippen LogP contribution in [0, 0.1) is 5.82 Å². The van der Waals surface area contributed by atoms with Crippen molar-refractivity contribution < 1.29 is 14.0 Å².